The number of hydrogen-bond acceptors (Lipinski definition) is 8. The fourth-order valence-corrected chi connectivity index (χ4v) is 2.64. The van der Waals surface area contributed by atoms with E-state index in [0.717, 1.165) is 0 Å². The monoisotopic (exact) mass is 307 g/mol. The van der Waals surface area contributed by atoms with Gasteiger partial charge in [-0.3, -0.25) is 9.36 Å². The SMILES string of the molecule is Cc1nc(N)c2nc(C)c(=O)n([C@H]3CC(O)[C@@H](CO)O3)c2n1. The standard InChI is InChI=1S/C13H17N5O4/c1-5-13(21)18(9-3-7(20)8(4-19)22-9)12-10(15-5)11(14)16-6(2)17-12/h7-9,19-20H,3-4H2,1-2H3,(H2,14,16,17)/t7?,8-,9-/m1/s1. The molecular formula is C13H17N5O4. The number of aliphatic hydroxyl groups excluding tert-OH is 2. The van der Waals surface area contributed by atoms with Crippen molar-refractivity contribution in [2.45, 2.75) is 38.7 Å². The van der Waals surface area contributed by atoms with Gasteiger partial charge in [-0.1, -0.05) is 0 Å². The van der Waals surface area contributed by atoms with Crippen LogP contribution in [0.5, 0.6) is 0 Å². The number of aryl methyl sites for hydroxylation is 2. The number of aliphatic hydroxyl groups is 2. The lowest BCUT2D eigenvalue weighted by atomic mass is 10.2. The van der Waals surface area contributed by atoms with Crippen molar-refractivity contribution in [1.29, 1.82) is 0 Å². The molecule has 1 aliphatic heterocycles. The number of aromatic nitrogens is 4. The van der Waals surface area contributed by atoms with E-state index in [1.54, 1.807) is 13.8 Å². The highest BCUT2D eigenvalue weighted by Crippen LogP contribution is 2.29. The van der Waals surface area contributed by atoms with Crippen molar-refractivity contribution in [3.05, 3.63) is 21.9 Å². The number of nitrogen functional groups attached to an aromatic ring is 1. The summed E-state index contributed by atoms with van der Waals surface area (Å²) < 4.78 is 6.89. The van der Waals surface area contributed by atoms with E-state index in [9.17, 15) is 15.0 Å². The summed E-state index contributed by atoms with van der Waals surface area (Å²) in [5, 5.41) is 19.1. The maximum absolute atomic E-state index is 12.5. The number of ether oxygens (including phenoxy) is 1. The highest BCUT2D eigenvalue weighted by Gasteiger charge is 2.36. The molecule has 22 heavy (non-hydrogen) atoms. The molecule has 3 atom stereocenters. The number of nitrogens with zero attached hydrogens (tertiary/aromatic N) is 4. The van der Waals surface area contributed by atoms with Crippen LogP contribution in [-0.4, -0.2) is 48.5 Å². The Labute approximate surface area is 125 Å². The Morgan fingerprint density at radius 3 is 2.73 bits per heavy atom. The number of hydrogen-bond donors (Lipinski definition) is 3. The van der Waals surface area contributed by atoms with E-state index in [0.29, 0.717) is 11.3 Å². The van der Waals surface area contributed by atoms with E-state index in [-0.39, 0.29) is 35.7 Å². The summed E-state index contributed by atoms with van der Waals surface area (Å²) in [5.74, 6) is 0.581. The lowest BCUT2D eigenvalue weighted by molar-refractivity contribution is -0.0442. The number of anilines is 1. The molecule has 9 heteroatoms. The van der Waals surface area contributed by atoms with Gasteiger partial charge in [-0.2, -0.15) is 0 Å². The van der Waals surface area contributed by atoms with Gasteiger partial charge in [0.2, 0.25) is 0 Å². The average Bonchev–Trinajstić information content (AvgIpc) is 2.82. The molecule has 0 radical (unpaired) electrons. The molecule has 3 heterocycles. The zero-order valence-corrected chi connectivity index (χ0v) is 12.2. The smallest absolute Gasteiger partial charge is 0.275 e. The highest BCUT2D eigenvalue weighted by molar-refractivity contribution is 5.81. The van der Waals surface area contributed by atoms with Gasteiger partial charge in [0, 0.05) is 6.42 Å². The fraction of sp³-hybridized carbons (Fsp3) is 0.538. The Hall–Kier alpha value is -2.10. The van der Waals surface area contributed by atoms with Crippen LogP contribution in [-0.2, 0) is 4.74 Å². The quantitative estimate of drug-likeness (QED) is 0.644. The third kappa shape index (κ3) is 2.23. The topological polar surface area (TPSA) is 136 Å². The number of nitrogens with two attached hydrogens (primary N) is 1. The molecule has 1 unspecified atom stereocenters. The molecule has 0 aliphatic carbocycles. The molecule has 0 amide bonds. The van der Waals surface area contributed by atoms with Crippen molar-refractivity contribution in [3.8, 4) is 0 Å². The van der Waals surface area contributed by atoms with Gasteiger partial charge in [-0.15, -0.1) is 0 Å². The third-order valence-electron chi connectivity index (χ3n) is 3.71. The van der Waals surface area contributed by atoms with Crippen molar-refractivity contribution in [2.24, 2.45) is 0 Å². The van der Waals surface area contributed by atoms with Gasteiger partial charge in [0.15, 0.2) is 11.5 Å². The maximum atomic E-state index is 12.5. The molecule has 0 saturated carbocycles. The molecule has 4 N–H and O–H groups in total. The van der Waals surface area contributed by atoms with Crippen molar-refractivity contribution in [1.82, 2.24) is 19.5 Å². The van der Waals surface area contributed by atoms with Crippen LogP contribution < -0.4 is 11.3 Å². The maximum Gasteiger partial charge on any atom is 0.275 e. The molecular weight excluding hydrogens is 290 g/mol. The van der Waals surface area contributed by atoms with Gasteiger partial charge in [0.05, 0.1) is 12.7 Å². The second kappa shape index (κ2) is 5.27. The molecule has 0 aromatic carbocycles. The van der Waals surface area contributed by atoms with Crippen LogP contribution in [0.1, 0.15) is 24.2 Å². The summed E-state index contributed by atoms with van der Waals surface area (Å²) in [4.78, 5) is 24.9. The first kappa shape index (κ1) is 14.8. The first-order chi connectivity index (χ1) is 10.4. The third-order valence-corrected chi connectivity index (χ3v) is 3.71. The van der Waals surface area contributed by atoms with Gasteiger partial charge in [0.25, 0.3) is 5.56 Å². The average molecular weight is 307 g/mol. The van der Waals surface area contributed by atoms with Crippen LogP contribution in [0.25, 0.3) is 11.2 Å². The van der Waals surface area contributed by atoms with Crippen LogP contribution >= 0.6 is 0 Å². The number of rotatable bonds is 2. The Balaban J connectivity index is 2.24. The van der Waals surface area contributed by atoms with E-state index in [4.69, 9.17) is 10.5 Å². The summed E-state index contributed by atoms with van der Waals surface area (Å²) in [6.07, 6.45) is -2.16. The molecule has 118 valence electrons. The summed E-state index contributed by atoms with van der Waals surface area (Å²) >= 11 is 0. The Morgan fingerprint density at radius 2 is 2.09 bits per heavy atom. The summed E-state index contributed by atoms with van der Waals surface area (Å²) in [7, 11) is 0. The highest BCUT2D eigenvalue weighted by atomic mass is 16.5. The number of fused-ring (bicyclic) bond motifs is 1. The second-order valence-electron chi connectivity index (χ2n) is 5.32. The normalized spacial score (nSPS) is 25.0. The van der Waals surface area contributed by atoms with E-state index in [1.165, 1.54) is 4.57 Å². The lowest BCUT2D eigenvalue weighted by Gasteiger charge is -2.17. The molecule has 1 aliphatic rings. The van der Waals surface area contributed by atoms with Crippen LogP contribution in [0.2, 0.25) is 0 Å². The molecule has 0 spiro atoms. The van der Waals surface area contributed by atoms with Gasteiger partial charge in [-0.05, 0) is 13.8 Å². The summed E-state index contributed by atoms with van der Waals surface area (Å²) in [6.45, 7) is 2.89. The summed E-state index contributed by atoms with van der Waals surface area (Å²) in [6, 6.07) is 0. The molecule has 1 saturated heterocycles. The Kier molecular flexibility index (Phi) is 3.55. The molecule has 3 rings (SSSR count). The van der Waals surface area contributed by atoms with E-state index in [1.807, 2.05) is 0 Å². The van der Waals surface area contributed by atoms with Gasteiger partial charge in [0.1, 0.15) is 29.4 Å². The zero-order valence-electron chi connectivity index (χ0n) is 12.2. The van der Waals surface area contributed by atoms with E-state index < -0.39 is 18.4 Å². The summed E-state index contributed by atoms with van der Waals surface area (Å²) in [5.41, 5.74) is 6.30. The van der Waals surface area contributed by atoms with Crippen molar-refractivity contribution in [2.75, 3.05) is 12.3 Å². The van der Waals surface area contributed by atoms with E-state index >= 15 is 0 Å². The predicted molar refractivity (Wildman–Crippen MR) is 77.1 cm³/mol. The van der Waals surface area contributed by atoms with Crippen LogP contribution in [0.4, 0.5) is 5.82 Å². The predicted octanol–water partition coefficient (Wildman–Crippen LogP) is -0.974. The molecule has 2 aromatic heterocycles. The molecule has 2 aromatic rings. The van der Waals surface area contributed by atoms with Crippen molar-refractivity contribution in [3.63, 3.8) is 0 Å². The van der Waals surface area contributed by atoms with Crippen molar-refractivity contribution >= 4 is 17.0 Å². The Morgan fingerprint density at radius 1 is 1.36 bits per heavy atom. The van der Waals surface area contributed by atoms with Crippen LogP contribution in [0.15, 0.2) is 4.79 Å². The zero-order chi connectivity index (χ0) is 16.0. The fourth-order valence-electron chi connectivity index (χ4n) is 2.64. The van der Waals surface area contributed by atoms with Crippen molar-refractivity contribution < 1.29 is 14.9 Å². The molecule has 1 fully saturated rings. The van der Waals surface area contributed by atoms with Gasteiger partial charge >= 0.3 is 0 Å². The second-order valence-corrected chi connectivity index (χ2v) is 5.32. The van der Waals surface area contributed by atoms with E-state index in [2.05, 4.69) is 15.0 Å². The van der Waals surface area contributed by atoms with Gasteiger partial charge in [-0.25, -0.2) is 15.0 Å². The first-order valence-electron chi connectivity index (χ1n) is 6.89. The first-order valence-corrected chi connectivity index (χ1v) is 6.89. The molecule has 0 bridgehead atoms. The van der Waals surface area contributed by atoms with Gasteiger partial charge < -0.3 is 20.7 Å². The largest absolute Gasteiger partial charge is 0.394 e. The minimum atomic E-state index is -0.856. The molecule has 9 nitrogen and oxygen atoms in total. The van der Waals surface area contributed by atoms with Crippen LogP contribution in [0, 0.1) is 13.8 Å². The Bertz CT molecular complexity index is 790. The minimum Gasteiger partial charge on any atom is -0.394 e. The minimum absolute atomic E-state index is 0.173. The lowest BCUT2D eigenvalue weighted by Crippen LogP contribution is -2.30. The van der Waals surface area contributed by atoms with Crippen LogP contribution in [0.3, 0.4) is 0 Å².